The Morgan fingerprint density at radius 1 is 1.60 bits per heavy atom. The molecular weight excluding hydrogens is 239 g/mol. The molecule has 1 heterocycles. The van der Waals surface area contributed by atoms with Gasteiger partial charge in [0.15, 0.2) is 0 Å². The molecule has 0 aliphatic carbocycles. The van der Waals surface area contributed by atoms with E-state index in [4.69, 9.17) is 10.8 Å². The maximum atomic E-state index is 10.5. The van der Waals surface area contributed by atoms with Gasteiger partial charge in [-0.3, -0.25) is 9.78 Å². The Bertz CT molecular complexity index is 321. The number of pyridine rings is 1. The van der Waals surface area contributed by atoms with E-state index < -0.39 is 12.0 Å². The first kappa shape index (κ1) is 16.6. The van der Waals surface area contributed by atoms with Crippen LogP contribution >= 0.6 is 24.8 Å². The van der Waals surface area contributed by atoms with Crippen LogP contribution in [-0.2, 0) is 11.2 Å². The van der Waals surface area contributed by atoms with Crippen molar-refractivity contribution >= 4 is 30.8 Å². The number of halogens is 2. The Morgan fingerprint density at radius 2 is 2.20 bits per heavy atom. The maximum absolute atomic E-state index is 10.5. The summed E-state index contributed by atoms with van der Waals surface area (Å²) in [6, 6.07) is 2.77. The third-order valence-electron chi connectivity index (χ3n) is 1.87. The molecule has 0 saturated carbocycles. The quantitative estimate of drug-likeness (QED) is 0.848. The molecule has 1 atom stereocenters. The fraction of sp³-hybridized carbons (Fsp3) is 0.333. The van der Waals surface area contributed by atoms with Crippen LogP contribution in [0.25, 0.3) is 0 Å². The van der Waals surface area contributed by atoms with Gasteiger partial charge in [-0.05, 0) is 18.6 Å². The summed E-state index contributed by atoms with van der Waals surface area (Å²) in [4.78, 5) is 14.5. The number of aromatic nitrogens is 1. The third kappa shape index (κ3) is 4.97. The summed E-state index contributed by atoms with van der Waals surface area (Å²) in [7, 11) is 0. The van der Waals surface area contributed by atoms with Crippen molar-refractivity contribution in [2.75, 3.05) is 0 Å². The standard InChI is InChI=1S/C9H12N2O2.2ClH/c1-6-7(3-2-4-11-6)5-8(10)9(12)13;;/h2-4,8H,5,10H2,1H3,(H,12,13);2*1H/t8-;;/m0../s1. The van der Waals surface area contributed by atoms with Crippen molar-refractivity contribution in [1.29, 1.82) is 0 Å². The minimum Gasteiger partial charge on any atom is -0.480 e. The number of hydrogen-bond donors (Lipinski definition) is 2. The maximum Gasteiger partial charge on any atom is 0.320 e. The number of aryl methyl sites for hydroxylation is 1. The second kappa shape index (κ2) is 7.45. The SMILES string of the molecule is Cc1ncccc1C[C@H](N)C(=O)O.Cl.Cl. The van der Waals surface area contributed by atoms with Gasteiger partial charge in [0.05, 0.1) is 0 Å². The molecule has 0 radical (unpaired) electrons. The number of carbonyl (C=O) groups is 1. The van der Waals surface area contributed by atoms with Crippen LogP contribution in [-0.4, -0.2) is 22.1 Å². The predicted octanol–water partition coefficient (Wildman–Crippen LogP) is 1.19. The van der Waals surface area contributed by atoms with E-state index in [9.17, 15) is 4.79 Å². The summed E-state index contributed by atoms with van der Waals surface area (Å²) >= 11 is 0. The molecule has 0 aromatic carbocycles. The molecular formula is C9H14Cl2N2O2. The first-order chi connectivity index (χ1) is 6.11. The fourth-order valence-corrected chi connectivity index (χ4v) is 1.06. The van der Waals surface area contributed by atoms with Crippen LogP contribution in [0.1, 0.15) is 11.3 Å². The van der Waals surface area contributed by atoms with E-state index in [0.717, 1.165) is 11.3 Å². The molecule has 0 aliphatic heterocycles. The van der Waals surface area contributed by atoms with Crippen molar-refractivity contribution in [3.63, 3.8) is 0 Å². The Balaban J connectivity index is 0. The van der Waals surface area contributed by atoms with Gasteiger partial charge in [0, 0.05) is 18.3 Å². The van der Waals surface area contributed by atoms with Crippen molar-refractivity contribution in [3.05, 3.63) is 29.6 Å². The van der Waals surface area contributed by atoms with E-state index in [1.54, 1.807) is 12.3 Å². The summed E-state index contributed by atoms with van der Waals surface area (Å²) in [5, 5.41) is 8.59. The van der Waals surface area contributed by atoms with Crippen LogP contribution in [0, 0.1) is 6.92 Å². The molecule has 1 rings (SSSR count). The number of aliphatic carboxylic acids is 1. The van der Waals surface area contributed by atoms with Gasteiger partial charge in [-0.2, -0.15) is 0 Å². The average Bonchev–Trinajstić information content (AvgIpc) is 2.08. The molecule has 86 valence electrons. The molecule has 4 nitrogen and oxygen atoms in total. The van der Waals surface area contributed by atoms with Crippen LogP contribution in [0.4, 0.5) is 0 Å². The summed E-state index contributed by atoms with van der Waals surface area (Å²) in [5.41, 5.74) is 7.11. The molecule has 15 heavy (non-hydrogen) atoms. The summed E-state index contributed by atoms with van der Waals surface area (Å²) in [6.07, 6.45) is 2.00. The van der Waals surface area contributed by atoms with Crippen molar-refractivity contribution < 1.29 is 9.90 Å². The van der Waals surface area contributed by atoms with Gasteiger partial charge < -0.3 is 10.8 Å². The monoisotopic (exact) mass is 252 g/mol. The van der Waals surface area contributed by atoms with E-state index in [2.05, 4.69) is 4.98 Å². The lowest BCUT2D eigenvalue weighted by atomic mass is 10.1. The van der Waals surface area contributed by atoms with E-state index in [0.29, 0.717) is 6.42 Å². The lowest BCUT2D eigenvalue weighted by Crippen LogP contribution is -2.32. The minimum atomic E-state index is -0.983. The molecule has 0 saturated heterocycles. The fourth-order valence-electron chi connectivity index (χ4n) is 1.06. The Labute approximate surface area is 101 Å². The molecule has 0 bridgehead atoms. The second-order valence-electron chi connectivity index (χ2n) is 2.90. The van der Waals surface area contributed by atoms with Gasteiger partial charge in [-0.1, -0.05) is 6.07 Å². The Kier molecular flexibility index (Phi) is 8.24. The summed E-state index contributed by atoms with van der Waals surface area (Å²) < 4.78 is 0. The Morgan fingerprint density at radius 3 is 2.67 bits per heavy atom. The zero-order chi connectivity index (χ0) is 9.84. The van der Waals surface area contributed by atoms with Gasteiger partial charge in [-0.25, -0.2) is 0 Å². The van der Waals surface area contributed by atoms with Crippen LogP contribution in [0.3, 0.4) is 0 Å². The molecule has 1 aromatic rings. The van der Waals surface area contributed by atoms with Crippen molar-refractivity contribution in [2.45, 2.75) is 19.4 Å². The molecule has 6 heteroatoms. The van der Waals surface area contributed by atoms with E-state index in [1.807, 2.05) is 13.0 Å². The highest BCUT2D eigenvalue weighted by molar-refractivity contribution is 5.85. The van der Waals surface area contributed by atoms with Crippen molar-refractivity contribution in [1.82, 2.24) is 4.98 Å². The summed E-state index contributed by atoms with van der Waals surface area (Å²) in [6.45, 7) is 1.84. The van der Waals surface area contributed by atoms with Gasteiger partial charge in [0.2, 0.25) is 0 Å². The van der Waals surface area contributed by atoms with Crippen LogP contribution < -0.4 is 5.73 Å². The summed E-state index contributed by atoms with van der Waals surface area (Å²) in [5.74, 6) is -0.983. The number of hydrogen-bond acceptors (Lipinski definition) is 3. The van der Waals surface area contributed by atoms with E-state index >= 15 is 0 Å². The molecule has 0 spiro atoms. The van der Waals surface area contributed by atoms with Crippen LogP contribution in [0.5, 0.6) is 0 Å². The first-order valence-corrected chi connectivity index (χ1v) is 4.00. The second-order valence-corrected chi connectivity index (χ2v) is 2.90. The van der Waals surface area contributed by atoms with Gasteiger partial charge >= 0.3 is 5.97 Å². The van der Waals surface area contributed by atoms with Gasteiger partial charge in [-0.15, -0.1) is 24.8 Å². The lowest BCUT2D eigenvalue weighted by Gasteiger charge is -2.07. The highest BCUT2D eigenvalue weighted by Crippen LogP contribution is 2.05. The largest absolute Gasteiger partial charge is 0.480 e. The predicted molar refractivity (Wildman–Crippen MR) is 62.8 cm³/mol. The molecule has 0 amide bonds. The number of carboxylic acids is 1. The third-order valence-corrected chi connectivity index (χ3v) is 1.87. The molecule has 1 aromatic heterocycles. The molecule has 0 unspecified atom stereocenters. The molecule has 0 aliphatic rings. The lowest BCUT2D eigenvalue weighted by molar-refractivity contribution is -0.138. The van der Waals surface area contributed by atoms with Gasteiger partial charge in [0.25, 0.3) is 0 Å². The van der Waals surface area contributed by atoms with Crippen LogP contribution in [0.2, 0.25) is 0 Å². The highest BCUT2D eigenvalue weighted by Gasteiger charge is 2.13. The van der Waals surface area contributed by atoms with Crippen molar-refractivity contribution in [2.24, 2.45) is 5.73 Å². The molecule has 3 N–H and O–H groups in total. The zero-order valence-electron chi connectivity index (χ0n) is 8.21. The smallest absolute Gasteiger partial charge is 0.320 e. The number of nitrogens with two attached hydrogens (primary N) is 1. The zero-order valence-corrected chi connectivity index (χ0v) is 9.85. The molecule has 0 fully saturated rings. The normalized spacial score (nSPS) is 10.8. The topological polar surface area (TPSA) is 76.2 Å². The van der Waals surface area contributed by atoms with Gasteiger partial charge in [0.1, 0.15) is 6.04 Å². The van der Waals surface area contributed by atoms with Crippen LogP contribution in [0.15, 0.2) is 18.3 Å². The minimum absolute atomic E-state index is 0. The number of rotatable bonds is 3. The number of nitrogens with zero attached hydrogens (tertiary/aromatic N) is 1. The van der Waals surface area contributed by atoms with E-state index in [1.165, 1.54) is 0 Å². The highest BCUT2D eigenvalue weighted by atomic mass is 35.5. The first-order valence-electron chi connectivity index (χ1n) is 4.00. The number of carboxylic acid groups (broad SMARTS) is 1. The van der Waals surface area contributed by atoms with E-state index in [-0.39, 0.29) is 24.8 Å². The average molecular weight is 253 g/mol. The van der Waals surface area contributed by atoms with Crippen molar-refractivity contribution in [3.8, 4) is 0 Å². The Hall–Kier alpha value is -0.840.